The largest absolute Gasteiger partial charge is 0.493 e. The van der Waals surface area contributed by atoms with Gasteiger partial charge in [-0.05, 0) is 18.6 Å². The van der Waals surface area contributed by atoms with Gasteiger partial charge in [0.25, 0.3) is 5.56 Å². The molecule has 0 aliphatic carbocycles. The van der Waals surface area contributed by atoms with Gasteiger partial charge in [0.05, 0.1) is 5.56 Å². The van der Waals surface area contributed by atoms with E-state index in [0.717, 1.165) is 0 Å². The fourth-order valence-corrected chi connectivity index (χ4v) is 1.47. The molecule has 0 saturated heterocycles. The molecule has 0 bridgehead atoms. The maximum atomic E-state index is 13.4. The quantitative estimate of drug-likeness (QED) is 0.827. The first-order valence-electron chi connectivity index (χ1n) is 5.10. The highest BCUT2D eigenvalue weighted by molar-refractivity contribution is 5.24. The number of aromatic nitrogens is 2. The van der Waals surface area contributed by atoms with Crippen molar-refractivity contribution in [1.82, 2.24) is 9.97 Å². The highest BCUT2D eigenvalue weighted by Gasteiger charge is 2.08. The first-order valence-corrected chi connectivity index (χ1v) is 5.10. The Kier molecular flexibility index (Phi) is 2.91. The van der Waals surface area contributed by atoms with Crippen LogP contribution in [0.25, 0.3) is 0 Å². The van der Waals surface area contributed by atoms with E-state index in [0.29, 0.717) is 5.56 Å². The van der Waals surface area contributed by atoms with Crippen molar-refractivity contribution in [2.24, 2.45) is 0 Å². The lowest BCUT2D eigenvalue weighted by Gasteiger charge is -2.04. The van der Waals surface area contributed by atoms with Crippen LogP contribution in [-0.4, -0.2) is 15.1 Å². The number of nitrogens with zero attached hydrogens (tertiary/aromatic N) is 1. The average molecular weight is 234 g/mol. The van der Waals surface area contributed by atoms with Gasteiger partial charge in [-0.2, -0.15) is 4.98 Å². The highest BCUT2D eigenvalue weighted by atomic mass is 19.1. The second-order valence-electron chi connectivity index (χ2n) is 3.73. The maximum Gasteiger partial charge on any atom is 0.257 e. The number of aromatic amines is 1. The average Bonchev–Trinajstić information content (AvgIpc) is 2.29. The van der Waals surface area contributed by atoms with Crippen molar-refractivity contribution >= 4 is 0 Å². The van der Waals surface area contributed by atoms with Gasteiger partial charge >= 0.3 is 0 Å². The van der Waals surface area contributed by atoms with E-state index in [1.54, 1.807) is 18.2 Å². The Balaban J connectivity index is 2.38. The Labute approximate surface area is 96.8 Å². The van der Waals surface area contributed by atoms with Gasteiger partial charge in [-0.3, -0.25) is 4.79 Å². The molecule has 2 rings (SSSR count). The van der Waals surface area contributed by atoms with Gasteiger partial charge in [-0.1, -0.05) is 18.2 Å². The van der Waals surface area contributed by atoms with E-state index in [-0.39, 0.29) is 29.5 Å². The molecule has 88 valence electrons. The number of hydrogen-bond acceptors (Lipinski definition) is 3. The number of H-pyrrole nitrogens is 1. The zero-order valence-electron chi connectivity index (χ0n) is 9.20. The predicted octanol–water partition coefficient (Wildman–Crippen LogP) is 1.51. The Morgan fingerprint density at radius 1 is 1.41 bits per heavy atom. The van der Waals surface area contributed by atoms with E-state index in [1.807, 2.05) is 0 Å². The molecule has 0 amide bonds. The summed E-state index contributed by atoms with van der Waals surface area (Å²) in [5, 5.41) is 9.40. The second-order valence-corrected chi connectivity index (χ2v) is 3.73. The first kappa shape index (κ1) is 11.3. The molecule has 1 aromatic heterocycles. The molecule has 0 aliphatic heterocycles. The van der Waals surface area contributed by atoms with Gasteiger partial charge in [0, 0.05) is 6.42 Å². The van der Waals surface area contributed by atoms with E-state index in [4.69, 9.17) is 0 Å². The van der Waals surface area contributed by atoms with Crippen molar-refractivity contribution in [2.75, 3.05) is 0 Å². The van der Waals surface area contributed by atoms with Crippen LogP contribution in [-0.2, 0) is 6.42 Å². The molecule has 17 heavy (non-hydrogen) atoms. The van der Waals surface area contributed by atoms with Crippen molar-refractivity contribution in [3.63, 3.8) is 0 Å². The molecular weight excluding hydrogens is 223 g/mol. The van der Waals surface area contributed by atoms with Crippen LogP contribution in [0, 0.1) is 12.7 Å². The molecule has 1 aromatic carbocycles. The molecule has 0 fully saturated rings. The van der Waals surface area contributed by atoms with Crippen molar-refractivity contribution in [3.8, 4) is 5.88 Å². The van der Waals surface area contributed by atoms with Crippen molar-refractivity contribution < 1.29 is 9.50 Å². The smallest absolute Gasteiger partial charge is 0.257 e. The minimum absolute atomic E-state index is 0.135. The summed E-state index contributed by atoms with van der Waals surface area (Å²) in [6, 6.07) is 6.22. The molecule has 2 aromatic rings. The van der Waals surface area contributed by atoms with Gasteiger partial charge in [-0.25, -0.2) is 4.39 Å². The lowest BCUT2D eigenvalue weighted by molar-refractivity contribution is 0.443. The summed E-state index contributed by atoms with van der Waals surface area (Å²) in [4.78, 5) is 17.7. The SMILES string of the molecule is Cc1c(O)nc(Cc2ccccc2F)[nH]c1=O. The van der Waals surface area contributed by atoms with Crippen LogP contribution in [0.15, 0.2) is 29.1 Å². The minimum atomic E-state index is -0.413. The Morgan fingerprint density at radius 2 is 2.12 bits per heavy atom. The first-order chi connectivity index (χ1) is 8.08. The fourth-order valence-electron chi connectivity index (χ4n) is 1.47. The van der Waals surface area contributed by atoms with Crippen molar-refractivity contribution in [1.29, 1.82) is 0 Å². The minimum Gasteiger partial charge on any atom is -0.493 e. The summed E-state index contributed by atoms with van der Waals surface area (Å²) in [5.74, 6) is -0.446. The summed E-state index contributed by atoms with van der Waals surface area (Å²) in [6.45, 7) is 1.47. The van der Waals surface area contributed by atoms with Crippen LogP contribution >= 0.6 is 0 Å². The predicted molar refractivity (Wildman–Crippen MR) is 60.5 cm³/mol. The molecule has 0 spiro atoms. The van der Waals surface area contributed by atoms with Gasteiger partial charge in [0.1, 0.15) is 11.6 Å². The third kappa shape index (κ3) is 2.33. The van der Waals surface area contributed by atoms with Crippen molar-refractivity contribution in [3.05, 3.63) is 57.4 Å². The lowest BCUT2D eigenvalue weighted by Crippen LogP contribution is -2.14. The fraction of sp³-hybridized carbons (Fsp3) is 0.167. The highest BCUT2D eigenvalue weighted by Crippen LogP contribution is 2.12. The van der Waals surface area contributed by atoms with Crippen molar-refractivity contribution in [2.45, 2.75) is 13.3 Å². The van der Waals surface area contributed by atoms with Crippen LogP contribution in [0.4, 0.5) is 4.39 Å². The molecule has 2 N–H and O–H groups in total. The Bertz CT molecular complexity index is 608. The van der Waals surface area contributed by atoms with Gasteiger partial charge in [0.2, 0.25) is 5.88 Å². The van der Waals surface area contributed by atoms with E-state index in [1.165, 1.54) is 13.0 Å². The molecule has 0 atom stereocenters. The molecular formula is C12H11FN2O2. The van der Waals surface area contributed by atoms with Crippen LogP contribution in [0.3, 0.4) is 0 Å². The molecule has 0 aliphatic rings. The topological polar surface area (TPSA) is 66.0 Å². The van der Waals surface area contributed by atoms with Gasteiger partial charge in [-0.15, -0.1) is 0 Å². The molecule has 5 heteroatoms. The Morgan fingerprint density at radius 3 is 2.76 bits per heavy atom. The zero-order valence-corrected chi connectivity index (χ0v) is 9.20. The number of hydrogen-bond donors (Lipinski definition) is 2. The molecule has 0 radical (unpaired) electrons. The van der Waals surface area contributed by atoms with E-state index in [9.17, 15) is 14.3 Å². The van der Waals surface area contributed by atoms with Gasteiger partial charge < -0.3 is 10.1 Å². The van der Waals surface area contributed by atoms with Crippen LogP contribution in [0.5, 0.6) is 5.88 Å². The van der Waals surface area contributed by atoms with E-state index in [2.05, 4.69) is 9.97 Å². The zero-order chi connectivity index (χ0) is 12.4. The summed E-state index contributed by atoms with van der Waals surface area (Å²) >= 11 is 0. The number of halogens is 1. The normalized spacial score (nSPS) is 10.5. The number of nitrogens with one attached hydrogen (secondary N) is 1. The summed E-state index contributed by atoms with van der Waals surface area (Å²) in [6.07, 6.45) is 0.135. The lowest BCUT2D eigenvalue weighted by atomic mass is 10.1. The summed E-state index contributed by atoms with van der Waals surface area (Å²) in [7, 11) is 0. The molecule has 0 unspecified atom stereocenters. The van der Waals surface area contributed by atoms with E-state index >= 15 is 0 Å². The third-order valence-corrected chi connectivity index (χ3v) is 2.49. The molecule has 4 nitrogen and oxygen atoms in total. The molecule has 1 heterocycles. The number of aromatic hydroxyl groups is 1. The Hall–Kier alpha value is -2.17. The second kappa shape index (κ2) is 4.37. The third-order valence-electron chi connectivity index (χ3n) is 2.49. The molecule has 0 saturated carbocycles. The number of benzene rings is 1. The van der Waals surface area contributed by atoms with Crippen LogP contribution < -0.4 is 5.56 Å². The standard InChI is InChI=1S/C12H11FN2O2/c1-7-11(16)14-10(15-12(7)17)6-8-4-2-3-5-9(8)13/h2-5H,6H2,1H3,(H2,14,15,16,17). The maximum absolute atomic E-state index is 13.4. The van der Waals surface area contributed by atoms with Crippen LogP contribution in [0.1, 0.15) is 17.0 Å². The monoisotopic (exact) mass is 234 g/mol. The van der Waals surface area contributed by atoms with Crippen LogP contribution in [0.2, 0.25) is 0 Å². The number of rotatable bonds is 2. The van der Waals surface area contributed by atoms with E-state index < -0.39 is 5.56 Å². The summed E-state index contributed by atoms with van der Waals surface area (Å²) in [5.41, 5.74) is 0.157. The summed E-state index contributed by atoms with van der Waals surface area (Å²) < 4.78 is 13.4. The van der Waals surface area contributed by atoms with Gasteiger partial charge in [0.15, 0.2) is 0 Å².